The van der Waals surface area contributed by atoms with Gasteiger partial charge in [-0.15, -0.1) is 0 Å². The molecule has 1 unspecified atom stereocenters. The number of aryl methyl sites for hydroxylation is 2. The van der Waals surface area contributed by atoms with Crippen LogP contribution in [0.25, 0.3) is 0 Å². The Morgan fingerprint density at radius 1 is 1.32 bits per heavy atom. The number of aliphatic carboxylic acids is 1. The summed E-state index contributed by atoms with van der Waals surface area (Å²) in [5.74, 6) is 0.159. The molecule has 0 saturated heterocycles. The molecular formula is C15H23NO3. The molecular weight excluding hydrogens is 242 g/mol. The standard InChI is InChI=1S/C15H23NO3/c1-10-8-12(9-11(2)15(10)19-3)13(16)6-4-5-7-14(17)18/h8-9,13H,4-7,16H2,1-3H3,(H,17,18). The van der Waals surface area contributed by atoms with E-state index < -0.39 is 5.97 Å². The molecule has 0 radical (unpaired) electrons. The van der Waals surface area contributed by atoms with E-state index in [4.69, 9.17) is 15.6 Å². The summed E-state index contributed by atoms with van der Waals surface area (Å²) in [6.45, 7) is 4.01. The highest BCUT2D eigenvalue weighted by Gasteiger charge is 2.11. The maximum atomic E-state index is 10.4. The third-order valence-electron chi connectivity index (χ3n) is 3.27. The van der Waals surface area contributed by atoms with Crippen molar-refractivity contribution >= 4 is 5.97 Å². The normalized spacial score (nSPS) is 12.2. The second kappa shape index (κ2) is 7.14. The fraction of sp³-hybridized carbons (Fsp3) is 0.533. The Bertz CT molecular complexity index is 420. The molecule has 4 heteroatoms. The van der Waals surface area contributed by atoms with Crippen LogP contribution in [0.2, 0.25) is 0 Å². The molecule has 3 N–H and O–H groups in total. The lowest BCUT2D eigenvalue weighted by molar-refractivity contribution is -0.137. The second-order valence-corrected chi connectivity index (χ2v) is 4.93. The summed E-state index contributed by atoms with van der Waals surface area (Å²) in [6.07, 6.45) is 2.53. The Kier molecular flexibility index (Phi) is 5.83. The lowest BCUT2D eigenvalue weighted by atomic mass is 9.97. The fourth-order valence-electron chi connectivity index (χ4n) is 2.33. The number of nitrogens with two attached hydrogens (primary N) is 1. The molecule has 4 nitrogen and oxygen atoms in total. The summed E-state index contributed by atoms with van der Waals surface area (Å²) in [6, 6.07) is 4.05. The molecule has 0 heterocycles. The van der Waals surface area contributed by atoms with Gasteiger partial charge in [0.15, 0.2) is 0 Å². The number of benzene rings is 1. The lowest BCUT2D eigenvalue weighted by Gasteiger charge is -2.16. The minimum absolute atomic E-state index is 0.0444. The molecule has 1 rings (SSSR count). The maximum Gasteiger partial charge on any atom is 0.303 e. The van der Waals surface area contributed by atoms with E-state index in [0.29, 0.717) is 6.42 Å². The van der Waals surface area contributed by atoms with Crippen molar-refractivity contribution in [3.05, 3.63) is 28.8 Å². The molecule has 0 amide bonds. The molecule has 106 valence electrons. The van der Waals surface area contributed by atoms with Gasteiger partial charge < -0.3 is 15.6 Å². The highest BCUT2D eigenvalue weighted by Crippen LogP contribution is 2.28. The van der Waals surface area contributed by atoms with Crippen molar-refractivity contribution in [2.45, 2.75) is 45.6 Å². The molecule has 0 spiro atoms. The van der Waals surface area contributed by atoms with Crippen LogP contribution in [0.3, 0.4) is 0 Å². The van der Waals surface area contributed by atoms with Gasteiger partial charge in [0.25, 0.3) is 0 Å². The smallest absolute Gasteiger partial charge is 0.303 e. The molecule has 19 heavy (non-hydrogen) atoms. The molecule has 0 saturated carbocycles. The summed E-state index contributed by atoms with van der Waals surface area (Å²) >= 11 is 0. The molecule has 0 aliphatic carbocycles. The largest absolute Gasteiger partial charge is 0.496 e. The van der Waals surface area contributed by atoms with Crippen molar-refractivity contribution in [3.63, 3.8) is 0 Å². The third kappa shape index (κ3) is 4.56. The van der Waals surface area contributed by atoms with Crippen molar-refractivity contribution in [2.24, 2.45) is 5.73 Å². The summed E-state index contributed by atoms with van der Waals surface area (Å²) in [5.41, 5.74) is 9.41. The van der Waals surface area contributed by atoms with Crippen molar-refractivity contribution in [3.8, 4) is 5.75 Å². The molecule has 0 fully saturated rings. The van der Waals surface area contributed by atoms with Crippen LogP contribution in [0.1, 0.15) is 48.4 Å². The van der Waals surface area contributed by atoms with Crippen LogP contribution in [0.5, 0.6) is 5.75 Å². The van der Waals surface area contributed by atoms with Gasteiger partial charge in [-0.2, -0.15) is 0 Å². The minimum Gasteiger partial charge on any atom is -0.496 e. The second-order valence-electron chi connectivity index (χ2n) is 4.93. The van der Waals surface area contributed by atoms with Gasteiger partial charge in [-0.05, 0) is 43.4 Å². The number of hydrogen-bond acceptors (Lipinski definition) is 3. The van der Waals surface area contributed by atoms with Gasteiger partial charge >= 0.3 is 5.97 Å². The summed E-state index contributed by atoms with van der Waals surface area (Å²) in [7, 11) is 1.67. The van der Waals surface area contributed by atoms with E-state index in [-0.39, 0.29) is 12.5 Å². The van der Waals surface area contributed by atoms with Gasteiger partial charge in [-0.25, -0.2) is 0 Å². The summed E-state index contributed by atoms with van der Waals surface area (Å²) in [4.78, 5) is 10.4. The van der Waals surface area contributed by atoms with Crippen LogP contribution in [-0.4, -0.2) is 18.2 Å². The Morgan fingerprint density at radius 3 is 2.37 bits per heavy atom. The van der Waals surface area contributed by atoms with Crippen molar-refractivity contribution in [1.29, 1.82) is 0 Å². The number of ether oxygens (including phenoxy) is 1. The fourth-order valence-corrected chi connectivity index (χ4v) is 2.33. The molecule has 1 aromatic rings. The van der Waals surface area contributed by atoms with Gasteiger partial charge in [0.2, 0.25) is 0 Å². The van der Waals surface area contributed by atoms with Crippen molar-refractivity contribution in [1.82, 2.24) is 0 Å². The van der Waals surface area contributed by atoms with E-state index >= 15 is 0 Å². The predicted octanol–water partition coefficient (Wildman–Crippen LogP) is 2.96. The van der Waals surface area contributed by atoms with Gasteiger partial charge in [0.05, 0.1) is 7.11 Å². The van der Waals surface area contributed by atoms with Crippen LogP contribution in [0.15, 0.2) is 12.1 Å². The number of carboxylic acids is 1. The number of carboxylic acid groups (broad SMARTS) is 1. The van der Waals surface area contributed by atoms with Gasteiger partial charge in [-0.1, -0.05) is 18.6 Å². The predicted molar refractivity (Wildman–Crippen MR) is 75.5 cm³/mol. The zero-order valence-electron chi connectivity index (χ0n) is 11.9. The van der Waals surface area contributed by atoms with E-state index in [1.165, 1.54) is 0 Å². The highest BCUT2D eigenvalue weighted by atomic mass is 16.5. The number of hydrogen-bond donors (Lipinski definition) is 2. The Balaban J connectivity index is 2.62. The van der Waals surface area contributed by atoms with E-state index in [1.807, 2.05) is 26.0 Å². The van der Waals surface area contributed by atoms with E-state index in [0.717, 1.165) is 35.3 Å². The van der Waals surface area contributed by atoms with Gasteiger partial charge in [0.1, 0.15) is 5.75 Å². The SMILES string of the molecule is COc1c(C)cc(C(N)CCCCC(=O)O)cc1C. The first-order chi connectivity index (χ1) is 8.95. The third-order valence-corrected chi connectivity index (χ3v) is 3.27. The Hall–Kier alpha value is -1.55. The molecule has 1 aromatic carbocycles. The van der Waals surface area contributed by atoms with E-state index in [1.54, 1.807) is 7.11 Å². The first-order valence-electron chi connectivity index (χ1n) is 6.58. The molecule has 1 atom stereocenters. The van der Waals surface area contributed by atoms with Crippen LogP contribution in [-0.2, 0) is 4.79 Å². The van der Waals surface area contributed by atoms with Crippen molar-refractivity contribution < 1.29 is 14.6 Å². The lowest BCUT2D eigenvalue weighted by Crippen LogP contribution is -2.11. The number of carbonyl (C=O) groups is 1. The van der Waals surface area contributed by atoms with E-state index in [2.05, 4.69) is 0 Å². The molecule has 0 aliphatic rings. The van der Waals surface area contributed by atoms with Crippen LogP contribution >= 0.6 is 0 Å². The molecule has 0 aliphatic heterocycles. The zero-order chi connectivity index (χ0) is 14.4. The summed E-state index contributed by atoms with van der Waals surface area (Å²) in [5, 5.41) is 8.58. The number of methoxy groups -OCH3 is 1. The average molecular weight is 265 g/mol. The highest BCUT2D eigenvalue weighted by molar-refractivity contribution is 5.66. The quantitative estimate of drug-likeness (QED) is 0.743. The topological polar surface area (TPSA) is 72.5 Å². The average Bonchev–Trinajstić information content (AvgIpc) is 2.33. The number of unbranched alkanes of at least 4 members (excludes halogenated alkanes) is 1. The van der Waals surface area contributed by atoms with E-state index in [9.17, 15) is 4.79 Å². The Morgan fingerprint density at radius 2 is 1.89 bits per heavy atom. The Labute approximate surface area is 114 Å². The first kappa shape index (κ1) is 15.5. The van der Waals surface area contributed by atoms with Crippen LogP contribution in [0.4, 0.5) is 0 Å². The van der Waals surface area contributed by atoms with Gasteiger partial charge in [0, 0.05) is 12.5 Å². The minimum atomic E-state index is -0.746. The van der Waals surface area contributed by atoms with Gasteiger partial charge in [-0.3, -0.25) is 4.79 Å². The first-order valence-corrected chi connectivity index (χ1v) is 6.58. The van der Waals surface area contributed by atoms with Crippen LogP contribution < -0.4 is 10.5 Å². The van der Waals surface area contributed by atoms with Crippen molar-refractivity contribution in [2.75, 3.05) is 7.11 Å². The summed E-state index contributed by atoms with van der Waals surface area (Å²) < 4.78 is 5.33. The molecule has 0 bridgehead atoms. The van der Waals surface area contributed by atoms with Crippen LogP contribution in [0, 0.1) is 13.8 Å². The zero-order valence-corrected chi connectivity index (χ0v) is 11.9. The maximum absolute atomic E-state index is 10.4. The monoisotopic (exact) mass is 265 g/mol. The number of rotatable bonds is 7. The molecule has 0 aromatic heterocycles.